The first-order valence-corrected chi connectivity index (χ1v) is 9.52. The minimum absolute atomic E-state index is 0.184. The Kier molecular flexibility index (Phi) is 3.78. The molecule has 0 unspecified atom stereocenters. The molecule has 2 atom stereocenters. The maximum atomic E-state index is 13.4. The number of ether oxygens (including phenoxy) is 1. The topological polar surface area (TPSA) is 60.4 Å². The van der Waals surface area contributed by atoms with E-state index in [9.17, 15) is 14.4 Å². The Balaban J connectivity index is 1.63. The third-order valence-electron chi connectivity index (χ3n) is 6.19. The number of methoxy groups -OCH3 is 1. The molecule has 1 fully saturated rings. The summed E-state index contributed by atoms with van der Waals surface area (Å²) in [4.78, 5) is 40.3. The van der Waals surface area contributed by atoms with E-state index in [2.05, 4.69) is 0 Å². The molecular weight excluding hydrogens is 364 g/mol. The molecule has 3 aromatic carbocycles. The van der Waals surface area contributed by atoms with Gasteiger partial charge in [-0.05, 0) is 29.8 Å². The van der Waals surface area contributed by atoms with Crippen LogP contribution in [-0.4, -0.2) is 24.5 Å². The molecule has 0 radical (unpaired) electrons. The maximum absolute atomic E-state index is 13.4. The van der Waals surface area contributed by atoms with E-state index in [1.54, 1.807) is 55.6 Å². The lowest BCUT2D eigenvalue weighted by Crippen LogP contribution is -2.23. The van der Waals surface area contributed by atoms with Crippen molar-refractivity contribution in [3.63, 3.8) is 0 Å². The summed E-state index contributed by atoms with van der Waals surface area (Å²) in [5.74, 6) is -1.17. The lowest BCUT2D eigenvalue weighted by molar-refractivity contribution is 0.0764. The maximum Gasteiger partial charge on any atom is 0.178 e. The van der Waals surface area contributed by atoms with E-state index in [0.717, 1.165) is 5.56 Å². The highest BCUT2D eigenvalue weighted by atomic mass is 16.5. The fraction of sp³-hybridized carbons (Fsp3) is 0.160. The van der Waals surface area contributed by atoms with Gasteiger partial charge in [0.2, 0.25) is 0 Å². The van der Waals surface area contributed by atoms with Crippen LogP contribution in [-0.2, 0) is 0 Å². The Hall–Kier alpha value is -3.53. The van der Waals surface area contributed by atoms with Crippen LogP contribution < -0.4 is 4.74 Å². The van der Waals surface area contributed by atoms with Gasteiger partial charge in [0.25, 0.3) is 0 Å². The molecule has 142 valence electrons. The van der Waals surface area contributed by atoms with Crippen molar-refractivity contribution in [3.8, 4) is 5.75 Å². The van der Waals surface area contributed by atoms with Gasteiger partial charge in [0.1, 0.15) is 11.2 Å². The van der Waals surface area contributed by atoms with Gasteiger partial charge in [-0.15, -0.1) is 0 Å². The first-order chi connectivity index (χ1) is 14.1. The number of ketones is 3. The van der Waals surface area contributed by atoms with E-state index in [-0.39, 0.29) is 17.3 Å². The molecule has 2 aliphatic carbocycles. The Morgan fingerprint density at radius 3 is 1.90 bits per heavy atom. The minimum atomic E-state index is -1.33. The molecule has 2 aliphatic rings. The van der Waals surface area contributed by atoms with E-state index in [4.69, 9.17) is 4.74 Å². The number of fused-ring (bicyclic) bond motifs is 1. The van der Waals surface area contributed by atoms with Gasteiger partial charge in [-0.2, -0.15) is 0 Å². The molecule has 5 rings (SSSR count). The summed E-state index contributed by atoms with van der Waals surface area (Å²) < 4.78 is 5.17. The summed E-state index contributed by atoms with van der Waals surface area (Å²) in [6.07, 6.45) is 0. The van der Waals surface area contributed by atoms with Crippen molar-refractivity contribution in [1.29, 1.82) is 0 Å². The molecule has 0 bridgehead atoms. The fourth-order valence-corrected chi connectivity index (χ4v) is 4.79. The Morgan fingerprint density at radius 2 is 1.34 bits per heavy atom. The molecule has 0 aromatic heterocycles. The van der Waals surface area contributed by atoms with Crippen molar-refractivity contribution in [2.75, 3.05) is 7.11 Å². The normalized spacial score (nSPS) is 21.1. The van der Waals surface area contributed by atoms with Crippen molar-refractivity contribution < 1.29 is 19.1 Å². The van der Waals surface area contributed by atoms with Crippen LogP contribution in [0.3, 0.4) is 0 Å². The van der Waals surface area contributed by atoms with Crippen LogP contribution >= 0.6 is 0 Å². The third-order valence-corrected chi connectivity index (χ3v) is 6.19. The average molecular weight is 382 g/mol. The van der Waals surface area contributed by atoms with E-state index in [1.165, 1.54) is 0 Å². The van der Waals surface area contributed by atoms with E-state index in [0.29, 0.717) is 22.4 Å². The molecule has 0 amide bonds. The van der Waals surface area contributed by atoms with Gasteiger partial charge < -0.3 is 4.74 Å². The molecule has 4 nitrogen and oxygen atoms in total. The fourth-order valence-electron chi connectivity index (χ4n) is 4.79. The number of rotatable bonds is 4. The van der Waals surface area contributed by atoms with Gasteiger partial charge in [-0.25, -0.2) is 0 Å². The second-order valence-corrected chi connectivity index (χ2v) is 7.53. The van der Waals surface area contributed by atoms with Crippen LogP contribution in [0.1, 0.15) is 42.6 Å². The minimum Gasteiger partial charge on any atom is -0.497 e. The highest BCUT2D eigenvalue weighted by Gasteiger charge is 2.78. The van der Waals surface area contributed by atoms with Crippen molar-refractivity contribution in [3.05, 3.63) is 101 Å². The summed E-state index contributed by atoms with van der Waals surface area (Å²) >= 11 is 0. The summed E-state index contributed by atoms with van der Waals surface area (Å²) in [5.41, 5.74) is 0.827. The van der Waals surface area contributed by atoms with Crippen LogP contribution in [0.15, 0.2) is 78.9 Å². The first-order valence-electron chi connectivity index (χ1n) is 9.52. The standard InChI is InChI=1S/C25H18O4/c1-29-17-13-11-16(12-14-17)22(26)21-20(15-7-3-2-4-8-15)25(21)23(27)18-9-5-6-10-19(18)24(25)28/h2-14,20-21H,1H3/t20-,21+/m0/s1. The third kappa shape index (κ3) is 2.29. The van der Waals surface area contributed by atoms with Crippen molar-refractivity contribution in [2.45, 2.75) is 5.92 Å². The van der Waals surface area contributed by atoms with Gasteiger partial charge in [0, 0.05) is 22.6 Å². The van der Waals surface area contributed by atoms with Crippen LogP contribution in [0.2, 0.25) is 0 Å². The number of carbonyl (C=O) groups is 3. The molecule has 1 saturated carbocycles. The number of Topliss-reactive ketones (excluding diaryl/α,β-unsaturated/α-hetero) is 3. The quantitative estimate of drug-likeness (QED) is 0.497. The predicted octanol–water partition coefficient (Wildman–Crippen LogP) is 4.36. The zero-order valence-corrected chi connectivity index (χ0v) is 15.8. The Bertz CT molecular complexity index is 1110. The zero-order valence-electron chi connectivity index (χ0n) is 15.8. The molecule has 29 heavy (non-hydrogen) atoms. The largest absolute Gasteiger partial charge is 0.497 e. The molecule has 0 saturated heterocycles. The highest BCUT2D eigenvalue weighted by Crippen LogP contribution is 2.70. The van der Waals surface area contributed by atoms with E-state index < -0.39 is 17.3 Å². The SMILES string of the molecule is COc1ccc(C(=O)[C@H]2[C@H](c3ccccc3)C23C(=O)c2ccccc2C3=O)cc1. The molecular formula is C25H18O4. The Morgan fingerprint density at radius 1 is 0.793 bits per heavy atom. The second-order valence-electron chi connectivity index (χ2n) is 7.53. The van der Waals surface area contributed by atoms with Crippen molar-refractivity contribution in [1.82, 2.24) is 0 Å². The van der Waals surface area contributed by atoms with Crippen LogP contribution in [0.5, 0.6) is 5.75 Å². The van der Waals surface area contributed by atoms with Gasteiger partial charge in [-0.3, -0.25) is 14.4 Å². The lowest BCUT2D eigenvalue weighted by atomic mass is 9.91. The smallest absolute Gasteiger partial charge is 0.178 e. The van der Waals surface area contributed by atoms with Gasteiger partial charge in [0.15, 0.2) is 17.3 Å². The predicted molar refractivity (Wildman–Crippen MR) is 108 cm³/mol. The summed E-state index contributed by atoms with van der Waals surface area (Å²) in [6, 6.07) is 23.1. The molecule has 0 N–H and O–H groups in total. The van der Waals surface area contributed by atoms with Crippen LogP contribution in [0.25, 0.3) is 0 Å². The van der Waals surface area contributed by atoms with Crippen molar-refractivity contribution >= 4 is 17.3 Å². The number of hydrogen-bond acceptors (Lipinski definition) is 4. The monoisotopic (exact) mass is 382 g/mol. The van der Waals surface area contributed by atoms with Gasteiger partial charge in [0.05, 0.1) is 13.0 Å². The molecule has 4 heteroatoms. The average Bonchev–Trinajstić information content (AvgIpc) is 3.44. The highest BCUT2D eigenvalue weighted by molar-refractivity contribution is 6.35. The van der Waals surface area contributed by atoms with Crippen LogP contribution in [0, 0.1) is 11.3 Å². The number of benzene rings is 3. The number of hydrogen-bond donors (Lipinski definition) is 0. The van der Waals surface area contributed by atoms with E-state index in [1.807, 2.05) is 30.3 Å². The summed E-state index contributed by atoms with van der Waals surface area (Å²) in [5, 5.41) is 0. The lowest BCUT2D eigenvalue weighted by Gasteiger charge is -2.07. The summed E-state index contributed by atoms with van der Waals surface area (Å²) in [7, 11) is 1.56. The Labute approximate surface area is 168 Å². The molecule has 0 heterocycles. The van der Waals surface area contributed by atoms with Crippen molar-refractivity contribution in [2.24, 2.45) is 11.3 Å². The molecule has 1 spiro atoms. The molecule has 0 aliphatic heterocycles. The number of carbonyl (C=O) groups excluding carboxylic acids is 3. The van der Waals surface area contributed by atoms with Gasteiger partial charge in [-0.1, -0.05) is 54.6 Å². The zero-order chi connectivity index (χ0) is 20.2. The summed E-state index contributed by atoms with van der Waals surface area (Å²) in [6.45, 7) is 0. The van der Waals surface area contributed by atoms with Crippen LogP contribution in [0.4, 0.5) is 0 Å². The first kappa shape index (κ1) is 17.6. The molecule has 3 aromatic rings. The second kappa shape index (κ2) is 6.24. The van der Waals surface area contributed by atoms with Gasteiger partial charge >= 0.3 is 0 Å². The van der Waals surface area contributed by atoms with E-state index >= 15 is 0 Å².